The molecule has 8 heteroatoms. The molecule has 0 fully saturated rings. The second kappa shape index (κ2) is 7.60. The van der Waals surface area contributed by atoms with Gasteiger partial charge in [0.2, 0.25) is 5.95 Å². The van der Waals surface area contributed by atoms with Crippen molar-refractivity contribution in [1.29, 1.82) is 0 Å². The molecule has 0 saturated heterocycles. The molecule has 0 amide bonds. The smallest absolute Gasteiger partial charge is 0.244 e. The van der Waals surface area contributed by atoms with Gasteiger partial charge >= 0.3 is 0 Å². The molecule has 6 nitrogen and oxygen atoms in total. The summed E-state index contributed by atoms with van der Waals surface area (Å²) >= 11 is 0. The zero-order chi connectivity index (χ0) is 15.9. The van der Waals surface area contributed by atoms with Crippen molar-refractivity contribution in [1.82, 2.24) is 20.1 Å². The zero-order valence-corrected chi connectivity index (χ0v) is 12.5. The van der Waals surface area contributed by atoms with Crippen LogP contribution in [0.15, 0.2) is 24.4 Å². The van der Waals surface area contributed by atoms with E-state index in [0.717, 1.165) is 25.1 Å². The Labute approximate surface area is 127 Å². The molecule has 0 bridgehead atoms. The van der Waals surface area contributed by atoms with Crippen molar-refractivity contribution in [2.45, 2.75) is 6.42 Å². The molecule has 0 unspecified atom stereocenters. The molecule has 0 aliphatic carbocycles. The summed E-state index contributed by atoms with van der Waals surface area (Å²) in [6.45, 7) is 1.67. The lowest BCUT2D eigenvalue weighted by Crippen LogP contribution is -2.17. The van der Waals surface area contributed by atoms with E-state index in [1.807, 2.05) is 14.1 Å². The molecule has 1 heterocycles. The highest BCUT2D eigenvalue weighted by atomic mass is 19.2. The molecule has 2 rings (SSSR count). The van der Waals surface area contributed by atoms with Crippen molar-refractivity contribution in [2.75, 3.05) is 37.8 Å². The van der Waals surface area contributed by atoms with Gasteiger partial charge in [-0.25, -0.2) is 8.78 Å². The third-order valence-electron chi connectivity index (χ3n) is 2.82. The maximum absolute atomic E-state index is 13.2. The molecule has 1 aromatic carbocycles. The zero-order valence-electron chi connectivity index (χ0n) is 12.5. The minimum absolute atomic E-state index is 0.381. The predicted molar refractivity (Wildman–Crippen MR) is 81.1 cm³/mol. The summed E-state index contributed by atoms with van der Waals surface area (Å²) in [7, 11) is 4.01. The third kappa shape index (κ3) is 4.88. The van der Waals surface area contributed by atoms with Crippen LogP contribution in [-0.2, 0) is 0 Å². The summed E-state index contributed by atoms with van der Waals surface area (Å²) < 4.78 is 26.0. The Balaban J connectivity index is 1.94. The fraction of sp³-hybridized carbons (Fsp3) is 0.357. The second-order valence-electron chi connectivity index (χ2n) is 5.00. The Kier molecular flexibility index (Phi) is 5.54. The first-order valence-electron chi connectivity index (χ1n) is 6.85. The first-order chi connectivity index (χ1) is 10.5. The number of aromatic nitrogens is 3. The molecule has 118 valence electrons. The molecule has 0 aliphatic heterocycles. The second-order valence-corrected chi connectivity index (χ2v) is 5.00. The van der Waals surface area contributed by atoms with Crippen molar-refractivity contribution in [3.05, 3.63) is 36.0 Å². The number of halogens is 2. The van der Waals surface area contributed by atoms with Crippen LogP contribution in [0.3, 0.4) is 0 Å². The topological polar surface area (TPSA) is 66.0 Å². The number of benzene rings is 1. The fourth-order valence-electron chi connectivity index (χ4n) is 1.76. The lowest BCUT2D eigenvalue weighted by molar-refractivity contribution is 0.405. The Morgan fingerprint density at radius 3 is 2.73 bits per heavy atom. The highest BCUT2D eigenvalue weighted by Gasteiger charge is 2.05. The van der Waals surface area contributed by atoms with Gasteiger partial charge in [-0.3, -0.25) is 0 Å². The van der Waals surface area contributed by atoms with Gasteiger partial charge in [0.05, 0.1) is 6.20 Å². The lowest BCUT2D eigenvalue weighted by atomic mass is 10.3. The van der Waals surface area contributed by atoms with E-state index >= 15 is 0 Å². The van der Waals surface area contributed by atoms with E-state index in [1.165, 1.54) is 12.3 Å². The van der Waals surface area contributed by atoms with Crippen LogP contribution >= 0.6 is 0 Å². The summed E-state index contributed by atoms with van der Waals surface area (Å²) in [6.07, 6.45) is 2.35. The first kappa shape index (κ1) is 16.0. The van der Waals surface area contributed by atoms with E-state index in [4.69, 9.17) is 0 Å². The summed E-state index contributed by atoms with van der Waals surface area (Å²) in [5.41, 5.74) is 0.387. The van der Waals surface area contributed by atoms with Gasteiger partial charge in [-0.1, -0.05) is 0 Å². The van der Waals surface area contributed by atoms with E-state index in [2.05, 4.69) is 30.7 Å². The van der Waals surface area contributed by atoms with Gasteiger partial charge in [0.25, 0.3) is 0 Å². The number of nitrogens with zero attached hydrogens (tertiary/aromatic N) is 4. The quantitative estimate of drug-likeness (QED) is 0.765. The Hall–Kier alpha value is -2.35. The molecule has 2 N–H and O–H groups in total. The third-order valence-corrected chi connectivity index (χ3v) is 2.82. The van der Waals surface area contributed by atoms with Crippen LogP contribution in [0.5, 0.6) is 0 Å². The Morgan fingerprint density at radius 2 is 2.00 bits per heavy atom. The van der Waals surface area contributed by atoms with E-state index in [-0.39, 0.29) is 0 Å². The Morgan fingerprint density at radius 1 is 1.18 bits per heavy atom. The van der Waals surface area contributed by atoms with Crippen LogP contribution in [-0.4, -0.2) is 47.3 Å². The average molecular weight is 308 g/mol. The van der Waals surface area contributed by atoms with Crippen LogP contribution in [0.25, 0.3) is 0 Å². The standard InChI is InChI=1S/C14H18F2N6/c1-22(2)7-3-6-17-14-20-13(9-18-21-14)19-10-4-5-11(15)12(16)8-10/h4-5,8-9H,3,6-7H2,1-2H3,(H2,17,19,20,21). The van der Waals surface area contributed by atoms with Crippen LogP contribution < -0.4 is 10.6 Å². The van der Waals surface area contributed by atoms with Gasteiger partial charge in [0, 0.05) is 18.3 Å². The fourth-order valence-corrected chi connectivity index (χ4v) is 1.76. The predicted octanol–water partition coefficient (Wildman–Crippen LogP) is 2.26. The average Bonchev–Trinajstić information content (AvgIpc) is 2.48. The monoisotopic (exact) mass is 308 g/mol. The minimum atomic E-state index is -0.922. The van der Waals surface area contributed by atoms with Crippen molar-refractivity contribution in [3.8, 4) is 0 Å². The molecular formula is C14H18F2N6. The summed E-state index contributed by atoms with van der Waals surface area (Å²) in [6, 6.07) is 3.53. The highest BCUT2D eigenvalue weighted by molar-refractivity contribution is 5.56. The number of nitrogens with one attached hydrogen (secondary N) is 2. The van der Waals surface area contributed by atoms with Gasteiger partial charge in [0.15, 0.2) is 17.5 Å². The number of rotatable bonds is 7. The summed E-state index contributed by atoms with van der Waals surface area (Å²) in [4.78, 5) is 6.30. The molecule has 0 aliphatic rings. The van der Waals surface area contributed by atoms with E-state index in [0.29, 0.717) is 24.0 Å². The summed E-state index contributed by atoms with van der Waals surface area (Å²) in [5.74, 6) is -1.04. The normalized spacial score (nSPS) is 10.8. The first-order valence-corrected chi connectivity index (χ1v) is 6.85. The van der Waals surface area contributed by atoms with E-state index in [1.54, 1.807) is 0 Å². The van der Waals surface area contributed by atoms with Crippen molar-refractivity contribution in [2.24, 2.45) is 0 Å². The van der Waals surface area contributed by atoms with Crippen molar-refractivity contribution >= 4 is 17.5 Å². The molecule has 0 atom stereocenters. The molecule has 0 spiro atoms. The molecule has 1 aromatic heterocycles. The van der Waals surface area contributed by atoms with E-state index < -0.39 is 11.6 Å². The molecule has 2 aromatic rings. The van der Waals surface area contributed by atoms with Gasteiger partial charge in [-0.2, -0.15) is 10.1 Å². The number of hydrogen-bond acceptors (Lipinski definition) is 6. The molecule has 22 heavy (non-hydrogen) atoms. The molecule has 0 saturated carbocycles. The van der Waals surface area contributed by atoms with Crippen LogP contribution in [0.4, 0.5) is 26.2 Å². The highest BCUT2D eigenvalue weighted by Crippen LogP contribution is 2.17. The van der Waals surface area contributed by atoms with Crippen molar-refractivity contribution < 1.29 is 8.78 Å². The molecular weight excluding hydrogens is 290 g/mol. The van der Waals surface area contributed by atoms with Crippen LogP contribution in [0.2, 0.25) is 0 Å². The van der Waals surface area contributed by atoms with Crippen molar-refractivity contribution in [3.63, 3.8) is 0 Å². The van der Waals surface area contributed by atoms with Gasteiger partial charge in [-0.15, -0.1) is 5.10 Å². The lowest BCUT2D eigenvalue weighted by Gasteiger charge is -2.10. The number of hydrogen-bond donors (Lipinski definition) is 2. The molecule has 0 radical (unpaired) electrons. The van der Waals surface area contributed by atoms with Crippen LogP contribution in [0, 0.1) is 11.6 Å². The maximum atomic E-state index is 13.2. The van der Waals surface area contributed by atoms with Gasteiger partial charge in [0.1, 0.15) is 0 Å². The summed E-state index contributed by atoms with van der Waals surface area (Å²) in [5, 5.41) is 13.6. The largest absolute Gasteiger partial charge is 0.353 e. The Bertz CT molecular complexity index is 620. The van der Waals surface area contributed by atoms with Crippen LogP contribution in [0.1, 0.15) is 6.42 Å². The minimum Gasteiger partial charge on any atom is -0.353 e. The maximum Gasteiger partial charge on any atom is 0.244 e. The van der Waals surface area contributed by atoms with E-state index in [9.17, 15) is 8.78 Å². The number of anilines is 3. The SMILES string of the molecule is CN(C)CCCNc1nncc(Nc2ccc(F)c(F)c2)n1. The van der Waals surface area contributed by atoms with Gasteiger partial charge in [-0.05, 0) is 39.2 Å². The van der Waals surface area contributed by atoms with Gasteiger partial charge < -0.3 is 15.5 Å².